The molecular formula is C18H32IN3O2. The van der Waals surface area contributed by atoms with Crippen LogP contribution in [0.2, 0.25) is 0 Å². The van der Waals surface area contributed by atoms with Crippen molar-refractivity contribution >= 4 is 29.9 Å². The first-order valence-electron chi connectivity index (χ1n) is 8.42. The van der Waals surface area contributed by atoms with E-state index in [4.69, 9.17) is 9.47 Å². The number of ether oxygens (including phenoxy) is 2. The Kier molecular flexibility index (Phi) is 12.5. The van der Waals surface area contributed by atoms with Crippen molar-refractivity contribution < 1.29 is 9.47 Å². The highest BCUT2D eigenvalue weighted by Gasteiger charge is 2.06. The Hall–Kier alpha value is -1.18. The van der Waals surface area contributed by atoms with Crippen LogP contribution in [0.15, 0.2) is 23.2 Å². The van der Waals surface area contributed by atoms with Gasteiger partial charge in [0.2, 0.25) is 0 Å². The number of nitrogens with zero attached hydrogens (tertiary/aromatic N) is 1. The van der Waals surface area contributed by atoms with Gasteiger partial charge in [-0.2, -0.15) is 0 Å². The van der Waals surface area contributed by atoms with Gasteiger partial charge in [-0.3, -0.25) is 0 Å². The lowest BCUT2D eigenvalue weighted by Crippen LogP contribution is -2.39. The van der Waals surface area contributed by atoms with Gasteiger partial charge in [-0.25, -0.2) is 4.99 Å². The van der Waals surface area contributed by atoms with Gasteiger partial charge in [-0.05, 0) is 37.0 Å². The molecule has 0 fully saturated rings. The highest BCUT2D eigenvalue weighted by Crippen LogP contribution is 2.28. The fraction of sp³-hybridized carbons (Fsp3) is 0.611. The maximum atomic E-state index is 5.68. The molecule has 0 saturated carbocycles. The van der Waals surface area contributed by atoms with Crippen LogP contribution in [-0.2, 0) is 6.54 Å². The molecule has 5 nitrogen and oxygen atoms in total. The van der Waals surface area contributed by atoms with Crippen molar-refractivity contribution in [3.63, 3.8) is 0 Å². The Bertz CT molecular complexity index is 493. The summed E-state index contributed by atoms with van der Waals surface area (Å²) < 4.78 is 11.1. The van der Waals surface area contributed by atoms with Gasteiger partial charge in [0.15, 0.2) is 17.5 Å². The van der Waals surface area contributed by atoms with Crippen molar-refractivity contribution in [3.05, 3.63) is 23.8 Å². The average molecular weight is 449 g/mol. The van der Waals surface area contributed by atoms with Gasteiger partial charge in [0.25, 0.3) is 0 Å². The van der Waals surface area contributed by atoms with Crippen molar-refractivity contribution in [1.29, 1.82) is 0 Å². The summed E-state index contributed by atoms with van der Waals surface area (Å²) in [6, 6.07) is 5.97. The molecule has 2 N–H and O–H groups in total. The van der Waals surface area contributed by atoms with E-state index in [0.29, 0.717) is 19.1 Å². The molecule has 0 aliphatic heterocycles. The van der Waals surface area contributed by atoms with E-state index in [9.17, 15) is 0 Å². The maximum Gasteiger partial charge on any atom is 0.191 e. The highest BCUT2D eigenvalue weighted by atomic mass is 127. The Morgan fingerprint density at radius 2 is 1.92 bits per heavy atom. The van der Waals surface area contributed by atoms with Gasteiger partial charge in [0.05, 0.1) is 20.3 Å². The molecule has 0 radical (unpaired) electrons. The molecule has 6 heteroatoms. The van der Waals surface area contributed by atoms with E-state index in [-0.39, 0.29) is 24.0 Å². The van der Waals surface area contributed by atoms with Crippen molar-refractivity contribution in [2.45, 2.75) is 40.7 Å². The number of halogens is 1. The summed E-state index contributed by atoms with van der Waals surface area (Å²) in [4.78, 5) is 4.62. The van der Waals surface area contributed by atoms with Gasteiger partial charge in [-0.1, -0.05) is 26.8 Å². The van der Waals surface area contributed by atoms with E-state index in [1.807, 2.05) is 18.2 Å². The standard InChI is InChI=1S/C18H31N3O2.HI/c1-6-10-23-16-9-8-15(11-17(16)22-5)13-21-18(19-7-2)20-12-14(3)4;/h8-9,11,14H,6-7,10,12-13H2,1-5H3,(H2,19,20,21);1H. The normalized spacial score (nSPS) is 11.0. The first kappa shape index (κ1) is 22.8. The number of hydrogen-bond acceptors (Lipinski definition) is 3. The smallest absolute Gasteiger partial charge is 0.191 e. The average Bonchev–Trinajstić information content (AvgIpc) is 2.55. The van der Waals surface area contributed by atoms with E-state index in [0.717, 1.165) is 42.5 Å². The molecule has 0 unspecified atom stereocenters. The molecule has 24 heavy (non-hydrogen) atoms. The third-order valence-corrected chi connectivity index (χ3v) is 3.13. The molecule has 0 aromatic heterocycles. The number of benzene rings is 1. The summed E-state index contributed by atoms with van der Waals surface area (Å²) in [7, 11) is 1.66. The second kappa shape index (κ2) is 13.1. The monoisotopic (exact) mass is 449 g/mol. The quantitative estimate of drug-likeness (QED) is 0.342. The van der Waals surface area contributed by atoms with Crippen molar-refractivity contribution in [2.75, 3.05) is 26.8 Å². The zero-order valence-corrected chi connectivity index (χ0v) is 17.8. The number of nitrogens with one attached hydrogen (secondary N) is 2. The predicted molar refractivity (Wildman–Crippen MR) is 112 cm³/mol. The number of guanidine groups is 1. The molecule has 0 heterocycles. The first-order chi connectivity index (χ1) is 11.1. The third-order valence-electron chi connectivity index (χ3n) is 3.13. The molecule has 0 aliphatic rings. The van der Waals surface area contributed by atoms with Crippen LogP contribution in [0.25, 0.3) is 0 Å². The molecule has 1 rings (SSSR count). The number of aliphatic imine (C=N–C) groups is 1. The minimum atomic E-state index is 0. The van der Waals surface area contributed by atoms with Crippen LogP contribution in [0.4, 0.5) is 0 Å². The van der Waals surface area contributed by atoms with Gasteiger partial charge in [0.1, 0.15) is 0 Å². The minimum Gasteiger partial charge on any atom is -0.493 e. The third kappa shape index (κ3) is 8.61. The Labute approximate surface area is 163 Å². The molecule has 0 spiro atoms. The summed E-state index contributed by atoms with van der Waals surface area (Å²) in [5.74, 6) is 2.96. The van der Waals surface area contributed by atoms with Crippen LogP contribution in [-0.4, -0.2) is 32.8 Å². The molecule has 0 amide bonds. The van der Waals surface area contributed by atoms with Crippen LogP contribution in [0.1, 0.15) is 39.7 Å². The number of methoxy groups -OCH3 is 1. The molecule has 1 aromatic rings. The first-order valence-corrected chi connectivity index (χ1v) is 8.42. The van der Waals surface area contributed by atoms with E-state index in [1.54, 1.807) is 7.11 Å². The molecule has 0 atom stereocenters. The highest BCUT2D eigenvalue weighted by molar-refractivity contribution is 14.0. The number of hydrogen-bond donors (Lipinski definition) is 2. The lowest BCUT2D eigenvalue weighted by molar-refractivity contribution is 0.294. The van der Waals surface area contributed by atoms with Crippen molar-refractivity contribution in [3.8, 4) is 11.5 Å². The van der Waals surface area contributed by atoms with E-state index >= 15 is 0 Å². The van der Waals surface area contributed by atoms with E-state index < -0.39 is 0 Å². The van der Waals surface area contributed by atoms with Crippen LogP contribution in [0.3, 0.4) is 0 Å². The van der Waals surface area contributed by atoms with Crippen LogP contribution in [0, 0.1) is 5.92 Å². The summed E-state index contributed by atoms with van der Waals surface area (Å²) in [5, 5.41) is 6.60. The van der Waals surface area contributed by atoms with Gasteiger partial charge < -0.3 is 20.1 Å². The lowest BCUT2D eigenvalue weighted by atomic mass is 10.2. The Morgan fingerprint density at radius 3 is 2.50 bits per heavy atom. The zero-order chi connectivity index (χ0) is 17.1. The van der Waals surface area contributed by atoms with Crippen LogP contribution < -0.4 is 20.1 Å². The van der Waals surface area contributed by atoms with Crippen LogP contribution >= 0.6 is 24.0 Å². The van der Waals surface area contributed by atoms with E-state index in [2.05, 4.69) is 43.3 Å². The maximum absolute atomic E-state index is 5.68. The van der Waals surface area contributed by atoms with Crippen molar-refractivity contribution in [2.24, 2.45) is 10.9 Å². The molecule has 0 bridgehead atoms. The summed E-state index contributed by atoms with van der Waals surface area (Å²) in [5.41, 5.74) is 1.09. The van der Waals surface area contributed by atoms with Gasteiger partial charge in [-0.15, -0.1) is 24.0 Å². The molecule has 138 valence electrons. The molecular weight excluding hydrogens is 417 g/mol. The van der Waals surface area contributed by atoms with Crippen molar-refractivity contribution in [1.82, 2.24) is 10.6 Å². The molecule has 0 aliphatic carbocycles. The summed E-state index contributed by atoms with van der Waals surface area (Å²) >= 11 is 0. The number of rotatable bonds is 9. The van der Waals surface area contributed by atoms with Crippen LogP contribution in [0.5, 0.6) is 11.5 Å². The zero-order valence-electron chi connectivity index (χ0n) is 15.5. The lowest BCUT2D eigenvalue weighted by Gasteiger charge is -2.14. The topological polar surface area (TPSA) is 54.9 Å². The predicted octanol–water partition coefficient (Wildman–Crippen LogP) is 3.81. The molecule has 1 aromatic carbocycles. The fourth-order valence-electron chi connectivity index (χ4n) is 1.95. The van der Waals surface area contributed by atoms with E-state index in [1.165, 1.54) is 0 Å². The SMILES string of the molecule is CCCOc1ccc(CN=C(NCC)NCC(C)C)cc1OC.I. The largest absolute Gasteiger partial charge is 0.493 e. The second-order valence-electron chi connectivity index (χ2n) is 5.80. The minimum absolute atomic E-state index is 0. The Balaban J connectivity index is 0.00000529. The Morgan fingerprint density at radius 1 is 1.17 bits per heavy atom. The fourth-order valence-corrected chi connectivity index (χ4v) is 1.95. The summed E-state index contributed by atoms with van der Waals surface area (Å²) in [6.07, 6.45) is 0.975. The van der Waals surface area contributed by atoms with Gasteiger partial charge in [0, 0.05) is 13.1 Å². The van der Waals surface area contributed by atoms with Gasteiger partial charge >= 0.3 is 0 Å². The summed E-state index contributed by atoms with van der Waals surface area (Å²) in [6.45, 7) is 11.5. The second-order valence-corrected chi connectivity index (χ2v) is 5.80. The molecule has 0 saturated heterocycles.